The maximum atomic E-state index is 5.84. The Balaban J connectivity index is 2.13. The molecule has 20 heavy (non-hydrogen) atoms. The lowest BCUT2D eigenvalue weighted by molar-refractivity contribution is -0.0423. The third-order valence-corrected chi connectivity index (χ3v) is 4.16. The van der Waals surface area contributed by atoms with Crippen molar-refractivity contribution in [2.75, 3.05) is 13.2 Å². The van der Waals surface area contributed by atoms with Crippen LogP contribution in [0, 0.1) is 0 Å². The van der Waals surface area contributed by atoms with E-state index >= 15 is 0 Å². The zero-order valence-electron chi connectivity index (χ0n) is 12.7. The molecule has 2 atom stereocenters. The highest BCUT2D eigenvalue weighted by molar-refractivity contribution is 5.37. The average molecular weight is 278 g/mol. The van der Waals surface area contributed by atoms with Gasteiger partial charge in [-0.3, -0.25) is 11.3 Å². The quantitative estimate of drug-likeness (QED) is 0.620. The van der Waals surface area contributed by atoms with E-state index in [1.165, 1.54) is 5.56 Å². The highest BCUT2D eigenvalue weighted by Crippen LogP contribution is 2.37. The Kier molecular flexibility index (Phi) is 5.02. The predicted octanol–water partition coefficient (Wildman–Crippen LogP) is 2.59. The predicted molar refractivity (Wildman–Crippen MR) is 80.7 cm³/mol. The first-order valence-corrected chi connectivity index (χ1v) is 7.40. The number of hydrazine groups is 1. The van der Waals surface area contributed by atoms with Gasteiger partial charge in [-0.15, -0.1) is 0 Å². The summed E-state index contributed by atoms with van der Waals surface area (Å²) in [7, 11) is 0. The van der Waals surface area contributed by atoms with Crippen molar-refractivity contribution < 1.29 is 9.47 Å². The lowest BCUT2D eigenvalue weighted by atomic mass is 9.83. The van der Waals surface area contributed by atoms with E-state index in [1.54, 1.807) is 0 Å². The Bertz CT molecular complexity index is 434. The van der Waals surface area contributed by atoms with Gasteiger partial charge in [0.1, 0.15) is 5.75 Å². The molecule has 0 saturated heterocycles. The third kappa shape index (κ3) is 3.32. The fraction of sp³-hybridized carbons (Fsp3) is 0.625. The van der Waals surface area contributed by atoms with Gasteiger partial charge in [-0.1, -0.05) is 18.2 Å². The van der Waals surface area contributed by atoms with Crippen molar-refractivity contribution in [2.45, 2.75) is 51.2 Å². The molecule has 4 heteroatoms. The molecule has 2 rings (SSSR count). The fourth-order valence-corrected chi connectivity index (χ4v) is 2.97. The molecule has 0 radical (unpaired) electrons. The molecular weight excluding hydrogens is 252 g/mol. The number of nitrogens with two attached hydrogens (primary N) is 1. The van der Waals surface area contributed by atoms with E-state index in [9.17, 15) is 0 Å². The van der Waals surface area contributed by atoms with Crippen LogP contribution < -0.4 is 16.0 Å². The number of nitrogens with one attached hydrogen (secondary N) is 1. The standard InChI is InChI=1S/C16H26N2O2/c1-4-20-16(2,3)15(18-17)11-12-9-10-19-14-8-6-5-7-13(12)14/h5-8,12,15,18H,4,9-11,17H2,1-3H3. The molecule has 0 saturated carbocycles. The van der Waals surface area contributed by atoms with Gasteiger partial charge in [-0.05, 0) is 51.2 Å². The zero-order chi connectivity index (χ0) is 14.6. The average Bonchev–Trinajstić information content (AvgIpc) is 2.44. The summed E-state index contributed by atoms with van der Waals surface area (Å²) in [5, 5.41) is 0. The van der Waals surface area contributed by atoms with E-state index in [0.717, 1.165) is 25.2 Å². The van der Waals surface area contributed by atoms with Crippen LogP contribution in [0.4, 0.5) is 0 Å². The molecule has 112 valence electrons. The SMILES string of the molecule is CCOC(C)(C)C(CC1CCOc2ccccc21)NN. The molecule has 2 unspecified atom stereocenters. The summed E-state index contributed by atoms with van der Waals surface area (Å²) in [5.74, 6) is 7.23. The van der Waals surface area contributed by atoms with Crippen LogP contribution in [-0.2, 0) is 4.74 Å². The van der Waals surface area contributed by atoms with Gasteiger partial charge in [-0.2, -0.15) is 0 Å². The van der Waals surface area contributed by atoms with Gasteiger partial charge in [0.25, 0.3) is 0 Å². The Morgan fingerprint density at radius 1 is 1.45 bits per heavy atom. The molecule has 0 aliphatic carbocycles. The van der Waals surface area contributed by atoms with E-state index in [2.05, 4.69) is 31.4 Å². The summed E-state index contributed by atoms with van der Waals surface area (Å²) >= 11 is 0. The van der Waals surface area contributed by atoms with Crippen LogP contribution in [0.3, 0.4) is 0 Å². The lowest BCUT2D eigenvalue weighted by Crippen LogP contribution is -2.52. The van der Waals surface area contributed by atoms with Crippen molar-refractivity contribution in [3.05, 3.63) is 29.8 Å². The van der Waals surface area contributed by atoms with Crippen LogP contribution in [0.15, 0.2) is 24.3 Å². The van der Waals surface area contributed by atoms with Crippen LogP contribution in [-0.4, -0.2) is 24.9 Å². The first-order chi connectivity index (χ1) is 9.58. The van der Waals surface area contributed by atoms with E-state index < -0.39 is 0 Å². The summed E-state index contributed by atoms with van der Waals surface area (Å²) < 4.78 is 11.6. The normalized spacial score (nSPS) is 20.1. The van der Waals surface area contributed by atoms with Crippen LogP contribution in [0.25, 0.3) is 0 Å². The second kappa shape index (κ2) is 6.57. The molecule has 0 spiro atoms. The number of ether oxygens (including phenoxy) is 2. The number of rotatable bonds is 6. The summed E-state index contributed by atoms with van der Waals surface area (Å²) in [6.07, 6.45) is 1.97. The molecular formula is C16H26N2O2. The van der Waals surface area contributed by atoms with Gasteiger partial charge in [0.05, 0.1) is 18.2 Å². The Morgan fingerprint density at radius 3 is 2.90 bits per heavy atom. The molecule has 0 fully saturated rings. The molecule has 0 bridgehead atoms. The first-order valence-electron chi connectivity index (χ1n) is 7.40. The Hall–Kier alpha value is -1.10. The van der Waals surface area contributed by atoms with Crippen LogP contribution in [0.1, 0.15) is 45.1 Å². The van der Waals surface area contributed by atoms with Crippen LogP contribution in [0.2, 0.25) is 0 Å². The molecule has 3 N–H and O–H groups in total. The van der Waals surface area contributed by atoms with E-state index in [-0.39, 0.29) is 11.6 Å². The Labute approximate surface area is 121 Å². The topological polar surface area (TPSA) is 56.5 Å². The maximum Gasteiger partial charge on any atom is 0.122 e. The first kappa shape index (κ1) is 15.3. The molecule has 1 aliphatic rings. The largest absolute Gasteiger partial charge is 0.493 e. The molecule has 0 amide bonds. The van der Waals surface area contributed by atoms with Gasteiger partial charge in [0.15, 0.2) is 0 Å². The van der Waals surface area contributed by atoms with Crippen molar-refractivity contribution in [1.82, 2.24) is 5.43 Å². The van der Waals surface area contributed by atoms with Crippen molar-refractivity contribution in [2.24, 2.45) is 5.84 Å². The van der Waals surface area contributed by atoms with Gasteiger partial charge >= 0.3 is 0 Å². The van der Waals surface area contributed by atoms with Gasteiger partial charge in [0.2, 0.25) is 0 Å². The smallest absolute Gasteiger partial charge is 0.122 e. The summed E-state index contributed by atoms with van der Waals surface area (Å²) in [6.45, 7) is 7.65. The summed E-state index contributed by atoms with van der Waals surface area (Å²) in [5.41, 5.74) is 3.94. The number of hydrogen-bond donors (Lipinski definition) is 2. The second-order valence-corrected chi connectivity index (χ2v) is 5.86. The second-order valence-electron chi connectivity index (χ2n) is 5.86. The van der Waals surface area contributed by atoms with E-state index in [0.29, 0.717) is 12.5 Å². The monoisotopic (exact) mass is 278 g/mol. The molecule has 0 aromatic heterocycles. The maximum absolute atomic E-state index is 5.84. The number of para-hydroxylation sites is 1. The zero-order valence-corrected chi connectivity index (χ0v) is 12.7. The molecule has 1 aromatic rings. The minimum absolute atomic E-state index is 0.110. The minimum Gasteiger partial charge on any atom is -0.493 e. The van der Waals surface area contributed by atoms with Gasteiger partial charge in [0, 0.05) is 6.61 Å². The number of hydrogen-bond acceptors (Lipinski definition) is 4. The van der Waals surface area contributed by atoms with Crippen LogP contribution in [0.5, 0.6) is 5.75 Å². The molecule has 4 nitrogen and oxygen atoms in total. The summed E-state index contributed by atoms with van der Waals surface area (Å²) in [4.78, 5) is 0. The minimum atomic E-state index is -0.281. The van der Waals surface area contributed by atoms with Crippen molar-refractivity contribution in [3.63, 3.8) is 0 Å². The Morgan fingerprint density at radius 2 is 2.20 bits per heavy atom. The van der Waals surface area contributed by atoms with E-state index in [1.807, 2.05) is 19.1 Å². The van der Waals surface area contributed by atoms with Crippen molar-refractivity contribution in [1.29, 1.82) is 0 Å². The van der Waals surface area contributed by atoms with Crippen molar-refractivity contribution in [3.8, 4) is 5.75 Å². The molecule has 1 aliphatic heterocycles. The van der Waals surface area contributed by atoms with Gasteiger partial charge in [-0.25, -0.2) is 0 Å². The number of benzene rings is 1. The van der Waals surface area contributed by atoms with Crippen LogP contribution >= 0.6 is 0 Å². The summed E-state index contributed by atoms with van der Waals surface area (Å²) in [6, 6.07) is 8.39. The lowest BCUT2D eigenvalue weighted by Gasteiger charge is -2.37. The highest BCUT2D eigenvalue weighted by atomic mass is 16.5. The van der Waals surface area contributed by atoms with Gasteiger partial charge < -0.3 is 9.47 Å². The highest BCUT2D eigenvalue weighted by Gasteiger charge is 2.33. The molecule has 1 aromatic carbocycles. The van der Waals surface area contributed by atoms with Crippen molar-refractivity contribution >= 4 is 0 Å². The van der Waals surface area contributed by atoms with E-state index in [4.69, 9.17) is 15.3 Å². The fourth-order valence-electron chi connectivity index (χ4n) is 2.97. The third-order valence-electron chi connectivity index (χ3n) is 4.16. The number of fused-ring (bicyclic) bond motifs is 1. The molecule has 1 heterocycles.